The number of hydrogen-bond donors (Lipinski definition) is 2. The number of thioether (sulfide) groups is 1. The summed E-state index contributed by atoms with van der Waals surface area (Å²) in [6.45, 7) is 4.34. The van der Waals surface area contributed by atoms with E-state index in [1.54, 1.807) is 12.1 Å². The average Bonchev–Trinajstić information content (AvgIpc) is 3.35. The highest BCUT2D eigenvalue weighted by atomic mass is 32.2. The Morgan fingerprint density at radius 1 is 1.21 bits per heavy atom. The van der Waals surface area contributed by atoms with E-state index in [4.69, 9.17) is 9.15 Å². The summed E-state index contributed by atoms with van der Waals surface area (Å²) >= 11 is 2.78. The predicted molar refractivity (Wildman–Crippen MR) is 114 cm³/mol. The van der Waals surface area contributed by atoms with Crippen molar-refractivity contribution in [3.8, 4) is 17.2 Å². The summed E-state index contributed by atoms with van der Waals surface area (Å²) < 4.78 is 11.1. The molecule has 0 bridgehead atoms. The number of aromatic nitrogens is 1. The first-order chi connectivity index (χ1) is 14.0. The zero-order valence-electron chi connectivity index (χ0n) is 16.1. The number of amides is 2. The molecule has 1 aromatic carbocycles. The van der Waals surface area contributed by atoms with E-state index < -0.39 is 0 Å². The second kappa shape index (κ2) is 10.1. The van der Waals surface area contributed by atoms with Gasteiger partial charge < -0.3 is 19.8 Å². The number of furan rings is 1. The van der Waals surface area contributed by atoms with Crippen LogP contribution in [0.4, 0.5) is 5.13 Å². The number of nitrogens with zero attached hydrogens (tertiary/aromatic N) is 1. The lowest BCUT2D eigenvalue weighted by Crippen LogP contribution is -2.18. The number of carbonyl (C=O) groups excluding carboxylic acids is 2. The van der Waals surface area contributed by atoms with Gasteiger partial charge in [-0.15, -0.1) is 23.1 Å². The van der Waals surface area contributed by atoms with Crippen LogP contribution in [0, 0.1) is 0 Å². The van der Waals surface area contributed by atoms with Gasteiger partial charge in [0.1, 0.15) is 17.2 Å². The molecule has 0 unspecified atom stereocenters. The topological polar surface area (TPSA) is 93.5 Å². The minimum Gasteiger partial charge on any atom is -0.494 e. The van der Waals surface area contributed by atoms with Gasteiger partial charge in [-0.1, -0.05) is 0 Å². The van der Waals surface area contributed by atoms with E-state index in [9.17, 15) is 9.59 Å². The Labute approximate surface area is 176 Å². The lowest BCUT2D eigenvalue weighted by molar-refractivity contribution is -0.119. The van der Waals surface area contributed by atoms with Crippen molar-refractivity contribution in [2.24, 2.45) is 0 Å². The number of thiazole rings is 1. The van der Waals surface area contributed by atoms with Crippen molar-refractivity contribution in [2.75, 3.05) is 17.7 Å². The Balaban J connectivity index is 1.50. The summed E-state index contributed by atoms with van der Waals surface area (Å²) in [5.41, 5.74) is 0.638. The Morgan fingerprint density at radius 2 is 2.00 bits per heavy atom. The number of anilines is 1. The molecular formula is C20H21N3O4S2. The molecule has 7 nitrogen and oxygen atoms in total. The molecule has 2 N–H and O–H groups in total. The zero-order chi connectivity index (χ0) is 20.6. The molecule has 0 fully saturated rings. The summed E-state index contributed by atoms with van der Waals surface area (Å²) in [5, 5.41) is 7.81. The molecular weight excluding hydrogens is 410 g/mol. The molecule has 2 amide bonds. The number of ether oxygens (including phenoxy) is 1. The molecule has 0 aliphatic rings. The van der Waals surface area contributed by atoms with Gasteiger partial charge in [0.15, 0.2) is 10.9 Å². The van der Waals surface area contributed by atoms with E-state index in [0.29, 0.717) is 35.5 Å². The molecule has 0 saturated heterocycles. The molecule has 0 spiro atoms. The first-order valence-corrected chi connectivity index (χ1v) is 10.8. The second-order valence-electron chi connectivity index (χ2n) is 5.95. The molecule has 29 heavy (non-hydrogen) atoms. The molecule has 152 valence electrons. The standard InChI is InChI=1S/C20H21N3O4S2/c1-3-26-14-4-7-16(8-5-14)28-12-19(25)23-20-22-17(11-29-20)18-9-6-15(27-18)10-21-13(2)24/h4-9,11H,3,10,12H2,1-2H3,(H,21,24)(H,22,23,25). The zero-order valence-corrected chi connectivity index (χ0v) is 17.7. The minimum atomic E-state index is -0.129. The molecule has 0 atom stereocenters. The third-order valence-corrected chi connectivity index (χ3v) is 5.45. The summed E-state index contributed by atoms with van der Waals surface area (Å²) in [6, 6.07) is 11.2. The number of nitrogens with one attached hydrogen (secondary N) is 2. The van der Waals surface area contributed by atoms with Crippen molar-refractivity contribution < 1.29 is 18.7 Å². The van der Waals surface area contributed by atoms with E-state index in [0.717, 1.165) is 10.6 Å². The Hall–Kier alpha value is -2.78. The summed E-state index contributed by atoms with van der Waals surface area (Å²) in [6.07, 6.45) is 0. The molecule has 0 radical (unpaired) electrons. The first kappa shape index (κ1) is 20.9. The predicted octanol–water partition coefficient (Wildman–Crippen LogP) is 4.17. The monoisotopic (exact) mass is 431 g/mol. The minimum absolute atomic E-state index is 0.121. The fourth-order valence-corrected chi connectivity index (χ4v) is 3.78. The van der Waals surface area contributed by atoms with E-state index >= 15 is 0 Å². The van der Waals surface area contributed by atoms with Crippen molar-refractivity contribution in [1.82, 2.24) is 10.3 Å². The summed E-state index contributed by atoms with van der Waals surface area (Å²) in [5.74, 6) is 2.08. The van der Waals surface area contributed by atoms with Gasteiger partial charge >= 0.3 is 0 Å². The van der Waals surface area contributed by atoms with Crippen LogP contribution in [0.15, 0.2) is 51.1 Å². The SMILES string of the molecule is CCOc1ccc(SCC(=O)Nc2nc(-c3ccc(CNC(C)=O)o3)cs2)cc1. The van der Waals surface area contributed by atoms with Crippen molar-refractivity contribution in [2.45, 2.75) is 25.3 Å². The van der Waals surface area contributed by atoms with Gasteiger partial charge in [-0.3, -0.25) is 9.59 Å². The van der Waals surface area contributed by atoms with Gasteiger partial charge in [-0.25, -0.2) is 4.98 Å². The Kier molecular flexibility index (Phi) is 7.31. The van der Waals surface area contributed by atoms with Crippen LogP contribution < -0.4 is 15.4 Å². The van der Waals surface area contributed by atoms with Gasteiger partial charge in [0.05, 0.1) is 18.9 Å². The quantitative estimate of drug-likeness (QED) is 0.494. The maximum absolute atomic E-state index is 12.2. The third-order valence-electron chi connectivity index (χ3n) is 3.68. The van der Waals surface area contributed by atoms with E-state index in [-0.39, 0.29) is 17.6 Å². The normalized spacial score (nSPS) is 10.6. The van der Waals surface area contributed by atoms with Crippen molar-refractivity contribution in [3.05, 3.63) is 47.5 Å². The average molecular weight is 432 g/mol. The van der Waals surface area contributed by atoms with Crippen LogP contribution in [0.1, 0.15) is 19.6 Å². The molecule has 9 heteroatoms. The first-order valence-electron chi connectivity index (χ1n) is 8.98. The number of hydrogen-bond acceptors (Lipinski definition) is 7. The second-order valence-corrected chi connectivity index (χ2v) is 7.86. The van der Waals surface area contributed by atoms with Gasteiger partial charge in [-0.05, 0) is 43.3 Å². The molecule has 3 rings (SSSR count). The molecule has 2 aromatic heterocycles. The maximum atomic E-state index is 12.2. The largest absolute Gasteiger partial charge is 0.494 e. The van der Waals surface area contributed by atoms with Crippen LogP contribution in [0.25, 0.3) is 11.5 Å². The van der Waals surface area contributed by atoms with Gasteiger partial charge in [-0.2, -0.15) is 0 Å². The van der Waals surface area contributed by atoms with E-state index in [1.165, 1.54) is 30.0 Å². The molecule has 2 heterocycles. The number of carbonyl (C=O) groups is 2. The van der Waals surface area contributed by atoms with E-state index in [1.807, 2.05) is 36.6 Å². The Bertz CT molecular complexity index is 966. The lowest BCUT2D eigenvalue weighted by atomic mass is 10.3. The van der Waals surface area contributed by atoms with Crippen LogP contribution in [-0.2, 0) is 16.1 Å². The van der Waals surface area contributed by atoms with Crippen LogP contribution in [0.5, 0.6) is 5.75 Å². The van der Waals surface area contributed by atoms with Crippen molar-refractivity contribution in [1.29, 1.82) is 0 Å². The van der Waals surface area contributed by atoms with Gasteiger partial charge in [0.25, 0.3) is 0 Å². The van der Waals surface area contributed by atoms with Gasteiger partial charge in [0, 0.05) is 17.2 Å². The number of benzene rings is 1. The van der Waals surface area contributed by atoms with Crippen molar-refractivity contribution in [3.63, 3.8) is 0 Å². The molecule has 3 aromatic rings. The Morgan fingerprint density at radius 3 is 2.72 bits per heavy atom. The smallest absolute Gasteiger partial charge is 0.236 e. The summed E-state index contributed by atoms with van der Waals surface area (Å²) in [4.78, 5) is 28.6. The van der Waals surface area contributed by atoms with Crippen LogP contribution in [-0.4, -0.2) is 29.2 Å². The van der Waals surface area contributed by atoms with Crippen LogP contribution in [0.2, 0.25) is 0 Å². The highest BCUT2D eigenvalue weighted by Crippen LogP contribution is 2.27. The van der Waals surface area contributed by atoms with Gasteiger partial charge in [0.2, 0.25) is 11.8 Å². The lowest BCUT2D eigenvalue weighted by Gasteiger charge is -2.05. The highest BCUT2D eigenvalue weighted by molar-refractivity contribution is 8.00. The highest BCUT2D eigenvalue weighted by Gasteiger charge is 2.12. The van der Waals surface area contributed by atoms with E-state index in [2.05, 4.69) is 15.6 Å². The third kappa shape index (κ3) is 6.37. The fourth-order valence-electron chi connectivity index (χ4n) is 2.37. The van der Waals surface area contributed by atoms with Crippen LogP contribution >= 0.6 is 23.1 Å². The molecule has 0 aliphatic carbocycles. The number of rotatable bonds is 9. The molecule has 0 aliphatic heterocycles. The molecule has 0 saturated carbocycles. The van der Waals surface area contributed by atoms with Crippen LogP contribution in [0.3, 0.4) is 0 Å². The summed E-state index contributed by atoms with van der Waals surface area (Å²) in [7, 11) is 0. The van der Waals surface area contributed by atoms with Crippen molar-refractivity contribution >= 4 is 40.0 Å². The fraction of sp³-hybridized carbons (Fsp3) is 0.250. The maximum Gasteiger partial charge on any atom is 0.236 e.